The first kappa shape index (κ1) is 13.6. The molecule has 0 aliphatic heterocycles. The summed E-state index contributed by atoms with van der Waals surface area (Å²) in [6.45, 7) is 4.48. The third kappa shape index (κ3) is 4.10. The normalized spacial score (nSPS) is 10.2. The summed E-state index contributed by atoms with van der Waals surface area (Å²) in [4.78, 5) is 11.8. The number of rotatable bonds is 6. The third-order valence-corrected chi connectivity index (χ3v) is 2.83. The lowest BCUT2D eigenvalue weighted by molar-refractivity contribution is 0.0497. The third-order valence-electron chi connectivity index (χ3n) is 2.83. The topological polar surface area (TPSA) is 52.3 Å². The van der Waals surface area contributed by atoms with E-state index >= 15 is 0 Å². The predicted octanol–water partition coefficient (Wildman–Crippen LogP) is 3.31. The molecule has 3 heteroatoms. The Morgan fingerprint density at radius 2 is 2.06 bits per heavy atom. The first-order chi connectivity index (χ1) is 8.16. The van der Waals surface area contributed by atoms with Crippen LogP contribution in [-0.4, -0.2) is 12.6 Å². The maximum absolute atomic E-state index is 11.8. The van der Waals surface area contributed by atoms with E-state index in [1.165, 1.54) is 12.8 Å². The lowest BCUT2D eigenvalue weighted by Crippen LogP contribution is -2.09. The second kappa shape index (κ2) is 6.94. The van der Waals surface area contributed by atoms with Gasteiger partial charge in [0.2, 0.25) is 0 Å². The van der Waals surface area contributed by atoms with E-state index in [2.05, 4.69) is 6.92 Å². The van der Waals surface area contributed by atoms with Crippen LogP contribution < -0.4 is 5.73 Å². The number of benzene rings is 1. The number of carbonyl (C=O) groups is 1. The maximum Gasteiger partial charge on any atom is 0.338 e. The minimum atomic E-state index is -0.272. The van der Waals surface area contributed by atoms with Crippen molar-refractivity contribution in [2.75, 3.05) is 12.3 Å². The van der Waals surface area contributed by atoms with Gasteiger partial charge in [0, 0.05) is 5.69 Å². The summed E-state index contributed by atoms with van der Waals surface area (Å²) >= 11 is 0. The van der Waals surface area contributed by atoms with Crippen molar-refractivity contribution in [2.45, 2.75) is 39.5 Å². The van der Waals surface area contributed by atoms with Crippen molar-refractivity contribution in [3.05, 3.63) is 29.3 Å². The van der Waals surface area contributed by atoms with Gasteiger partial charge in [0.1, 0.15) is 0 Å². The molecule has 0 saturated carbocycles. The van der Waals surface area contributed by atoms with Crippen LogP contribution in [0.2, 0.25) is 0 Å². The zero-order valence-electron chi connectivity index (χ0n) is 10.7. The van der Waals surface area contributed by atoms with Crippen LogP contribution in [0, 0.1) is 6.92 Å². The zero-order valence-corrected chi connectivity index (χ0v) is 10.7. The SMILES string of the molecule is CCCCCCOC(=O)c1cccc(N)c1C. The van der Waals surface area contributed by atoms with E-state index in [4.69, 9.17) is 10.5 Å². The van der Waals surface area contributed by atoms with Crippen LogP contribution in [0.3, 0.4) is 0 Å². The highest BCUT2D eigenvalue weighted by Crippen LogP contribution is 2.16. The van der Waals surface area contributed by atoms with Crippen LogP contribution in [0.5, 0.6) is 0 Å². The molecule has 1 rings (SSSR count). The maximum atomic E-state index is 11.8. The molecule has 0 spiro atoms. The van der Waals surface area contributed by atoms with Gasteiger partial charge in [-0.15, -0.1) is 0 Å². The Balaban J connectivity index is 2.44. The first-order valence-corrected chi connectivity index (χ1v) is 6.19. The fourth-order valence-corrected chi connectivity index (χ4v) is 1.65. The molecule has 0 fully saturated rings. The molecule has 0 atom stereocenters. The van der Waals surface area contributed by atoms with Gasteiger partial charge >= 0.3 is 5.97 Å². The van der Waals surface area contributed by atoms with Crippen LogP contribution in [0.4, 0.5) is 5.69 Å². The molecular weight excluding hydrogens is 214 g/mol. The highest BCUT2D eigenvalue weighted by atomic mass is 16.5. The molecule has 2 N–H and O–H groups in total. The number of nitrogens with two attached hydrogens (primary N) is 1. The number of hydrogen-bond acceptors (Lipinski definition) is 3. The number of anilines is 1. The van der Waals surface area contributed by atoms with Crippen molar-refractivity contribution in [3.8, 4) is 0 Å². The van der Waals surface area contributed by atoms with Gasteiger partial charge in [-0.05, 0) is 31.0 Å². The van der Waals surface area contributed by atoms with Crippen molar-refractivity contribution >= 4 is 11.7 Å². The summed E-state index contributed by atoms with van der Waals surface area (Å²) in [5.74, 6) is -0.272. The summed E-state index contributed by atoms with van der Waals surface area (Å²) in [5, 5.41) is 0. The highest BCUT2D eigenvalue weighted by Gasteiger charge is 2.11. The van der Waals surface area contributed by atoms with Gasteiger partial charge in [0.05, 0.1) is 12.2 Å². The molecule has 0 aliphatic rings. The second-order valence-electron chi connectivity index (χ2n) is 4.22. The Hall–Kier alpha value is -1.51. The van der Waals surface area contributed by atoms with E-state index in [1.807, 2.05) is 6.92 Å². The monoisotopic (exact) mass is 235 g/mol. The molecule has 94 valence electrons. The second-order valence-corrected chi connectivity index (χ2v) is 4.22. The minimum Gasteiger partial charge on any atom is -0.462 e. The molecule has 1 aromatic carbocycles. The molecule has 0 aliphatic carbocycles. The summed E-state index contributed by atoms with van der Waals surface area (Å²) in [6, 6.07) is 5.31. The minimum absolute atomic E-state index is 0.272. The van der Waals surface area contributed by atoms with Crippen molar-refractivity contribution in [3.63, 3.8) is 0 Å². The summed E-state index contributed by atoms with van der Waals surface area (Å²) < 4.78 is 5.22. The molecular formula is C14H21NO2. The van der Waals surface area contributed by atoms with E-state index in [0.717, 1.165) is 18.4 Å². The zero-order chi connectivity index (χ0) is 12.7. The average Bonchev–Trinajstić information content (AvgIpc) is 2.32. The Morgan fingerprint density at radius 1 is 1.29 bits per heavy atom. The number of unbranched alkanes of at least 4 members (excludes halogenated alkanes) is 3. The number of esters is 1. The molecule has 0 radical (unpaired) electrons. The molecule has 17 heavy (non-hydrogen) atoms. The Morgan fingerprint density at radius 3 is 2.76 bits per heavy atom. The van der Waals surface area contributed by atoms with Gasteiger partial charge in [-0.25, -0.2) is 4.79 Å². The average molecular weight is 235 g/mol. The van der Waals surface area contributed by atoms with Crippen LogP contribution in [0.1, 0.15) is 48.5 Å². The smallest absolute Gasteiger partial charge is 0.338 e. The number of carbonyl (C=O) groups excluding carboxylic acids is 1. The largest absolute Gasteiger partial charge is 0.462 e. The predicted molar refractivity (Wildman–Crippen MR) is 70.0 cm³/mol. The van der Waals surface area contributed by atoms with Gasteiger partial charge in [0.25, 0.3) is 0 Å². The molecule has 0 heterocycles. The van der Waals surface area contributed by atoms with Crippen molar-refractivity contribution in [1.82, 2.24) is 0 Å². The van der Waals surface area contributed by atoms with Crippen molar-refractivity contribution in [2.24, 2.45) is 0 Å². The summed E-state index contributed by atoms with van der Waals surface area (Å²) in [7, 11) is 0. The van der Waals surface area contributed by atoms with Crippen LogP contribution in [0.25, 0.3) is 0 Å². The number of hydrogen-bond donors (Lipinski definition) is 1. The highest BCUT2D eigenvalue weighted by molar-refractivity contribution is 5.92. The van der Waals surface area contributed by atoms with Gasteiger partial charge < -0.3 is 10.5 Å². The van der Waals surface area contributed by atoms with E-state index in [1.54, 1.807) is 18.2 Å². The van der Waals surface area contributed by atoms with E-state index in [9.17, 15) is 4.79 Å². The fraction of sp³-hybridized carbons (Fsp3) is 0.500. The van der Waals surface area contributed by atoms with Gasteiger partial charge in [-0.1, -0.05) is 32.3 Å². The standard InChI is InChI=1S/C14H21NO2/c1-3-4-5-6-10-17-14(16)12-8-7-9-13(15)11(12)2/h7-9H,3-6,10,15H2,1-2H3. The van der Waals surface area contributed by atoms with Crippen molar-refractivity contribution < 1.29 is 9.53 Å². The van der Waals surface area contributed by atoms with Crippen LogP contribution in [-0.2, 0) is 4.74 Å². The molecule has 0 saturated heterocycles. The molecule has 1 aromatic rings. The van der Waals surface area contributed by atoms with E-state index in [0.29, 0.717) is 17.9 Å². The van der Waals surface area contributed by atoms with Gasteiger partial charge in [-0.3, -0.25) is 0 Å². The van der Waals surface area contributed by atoms with Crippen LogP contribution >= 0.6 is 0 Å². The molecule has 3 nitrogen and oxygen atoms in total. The van der Waals surface area contributed by atoms with Gasteiger partial charge in [-0.2, -0.15) is 0 Å². The Bertz CT molecular complexity index is 374. The Kier molecular flexibility index (Phi) is 5.53. The van der Waals surface area contributed by atoms with E-state index < -0.39 is 0 Å². The molecule has 0 unspecified atom stereocenters. The summed E-state index contributed by atoms with van der Waals surface area (Å²) in [6.07, 6.45) is 4.41. The fourth-order valence-electron chi connectivity index (χ4n) is 1.65. The molecule has 0 aromatic heterocycles. The molecule has 0 bridgehead atoms. The van der Waals surface area contributed by atoms with Crippen LogP contribution in [0.15, 0.2) is 18.2 Å². The van der Waals surface area contributed by atoms with Crippen molar-refractivity contribution in [1.29, 1.82) is 0 Å². The quantitative estimate of drug-likeness (QED) is 0.467. The van der Waals surface area contributed by atoms with E-state index in [-0.39, 0.29) is 5.97 Å². The number of nitrogen functional groups attached to an aromatic ring is 1. The van der Waals surface area contributed by atoms with Gasteiger partial charge in [0.15, 0.2) is 0 Å². The first-order valence-electron chi connectivity index (χ1n) is 6.19. The molecule has 0 amide bonds. The lowest BCUT2D eigenvalue weighted by Gasteiger charge is -2.08. The Labute approximate surface area is 103 Å². The lowest BCUT2D eigenvalue weighted by atomic mass is 10.1. The summed E-state index contributed by atoms with van der Waals surface area (Å²) in [5.41, 5.74) is 7.74. The number of ether oxygens (including phenoxy) is 1.